The summed E-state index contributed by atoms with van der Waals surface area (Å²) in [6.07, 6.45) is 0. The predicted octanol–water partition coefficient (Wildman–Crippen LogP) is -2.37. The third-order valence-corrected chi connectivity index (χ3v) is 4.00. The van der Waals surface area contributed by atoms with Crippen LogP contribution in [0.4, 0.5) is 0 Å². The highest BCUT2D eigenvalue weighted by Crippen LogP contribution is 2.02. The van der Waals surface area contributed by atoms with Crippen LogP contribution in [0.25, 0.3) is 0 Å². The van der Waals surface area contributed by atoms with Crippen LogP contribution in [0.2, 0.25) is 0 Å². The van der Waals surface area contributed by atoms with E-state index in [1.54, 1.807) is 9.80 Å². The van der Waals surface area contributed by atoms with Crippen molar-refractivity contribution in [1.29, 1.82) is 0 Å². The van der Waals surface area contributed by atoms with Gasteiger partial charge < -0.3 is 9.80 Å². The molecular formula is C14H22N6+2. The molecule has 0 bridgehead atoms. The summed E-state index contributed by atoms with van der Waals surface area (Å²) < 4.78 is 1.92. The fraction of sp³-hybridized carbons (Fsp3) is 0.500. The number of likely N-dealkylation sites (N-methyl/N-ethyl adjacent to an activating group) is 1. The Morgan fingerprint density at radius 1 is 1.10 bits per heavy atom. The maximum Gasteiger partial charge on any atom is 0.206 e. The molecule has 0 amide bonds. The Hall–Kier alpha value is -1.79. The van der Waals surface area contributed by atoms with Gasteiger partial charge in [0.05, 0.1) is 13.6 Å². The van der Waals surface area contributed by atoms with Gasteiger partial charge in [-0.2, -0.15) is 0 Å². The minimum atomic E-state index is 0.752. The molecular weight excluding hydrogens is 252 g/mol. The van der Waals surface area contributed by atoms with Crippen molar-refractivity contribution in [3.05, 3.63) is 41.7 Å². The molecule has 2 aromatic rings. The molecule has 20 heavy (non-hydrogen) atoms. The molecule has 0 saturated carbocycles. The summed E-state index contributed by atoms with van der Waals surface area (Å²) in [5.74, 6) is 0.989. The summed E-state index contributed by atoms with van der Waals surface area (Å²) >= 11 is 0. The first-order valence-corrected chi connectivity index (χ1v) is 7.25. The number of benzene rings is 1. The van der Waals surface area contributed by atoms with E-state index in [1.165, 1.54) is 31.7 Å². The number of aromatic nitrogens is 4. The van der Waals surface area contributed by atoms with Gasteiger partial charge >= 0.3 is 0 Å². The van der Waals surface area contributed by atoms with Crippen molar-refractivity contribution in [1.82, 2.24) is 20.2 Å². The van der Waals surface area contributed by atoms with Crippen molar-refractivity contribution in [2.24, 2.45) is 0 Å². The maximum absolute atomic E-state index is 4.20. The number of nitrogens with zero attached hydrogens (tertiary/aromatic N) is 4. The Labute approximate surface area is 119 Å². The van der Waals surface area contributed by atoms with E-state index in [9.17, 15) is 0 Å². The van der Waals surface area contributed by atoms with Gasteiger partial charge in [0.1, 0.15) is 32.7 Å². The lowest BCUT2D eigenvalue weighted by Crippen LogP contribution is -3.26. The molecule has 0 aliphatic carbocycles. The topological polar surface area (TPSA) is 52.5 Å². The van der Waals surface area contributed by atoms with E-state index in [1.807, 2.05) is 22.9 Å². The van der Waals surface area contributed by atoms with E-state index in [0.29, 0.717) is 0 Å². The van der Waals surface area contributed by atoms with Crippen molar-refractivity contribution in [3.63, 3.8) is 0 Å². The van der Waals surface area contributed by atoms with E-state index >= 15 is 0 Å². The highest BCUT2D eigenvalue weighted by Gasteiger charge is 2.22. The number of piperazine rings is 1. The van der Waals surface area contributed by atoms with Gasteiger partial charge in [-0.25, -0.2) is 4.68 Å². The number of hydrogen-bond donors (Lipinski definition) is 2. The fourth-order valence-electron chi connectivity index (χ4n) is 2.66. The number of nitrogens with one attached hydrogen (secondary N) is 2. The average Bonchev–Trinajstić information content (AvgIpc) is 2.90. The average molecular weight is 274 g/mol. The molecule has 1 saturated heterocycles. The van der Waals surface area contributed by atoms with E-state index in [4.69, 9.17) is 0 Å². The molecule has 1 aliphatic heterocycles. The van der Waals surface area contributed by atoms with Gasteiger partial charge in [0, 0.05) is 0 Å². The lowest BCUT2D eigenvalue weighted by atomic mass is 10.2. The minimum Gasteiger partial charge on any atom is -0.328 e. The predicted molar refractivity (Wildman–Crippen MR) is 74.4 cm³/mol. The molecule has 6 heteroatoms. The Morgan fingerprint density at radius 3 is 2.60 bits per heavy atom. The zero-order valence-corrected chi connectivity index (χ0v) is 11.9. The van der Waals surface area contributed by atoms with Gasteiger partial charge in [0.25, 0.3) is 0 Å². The summed E-state index contributed by atoms with van der Waals surface area (Å²) in [4.78, 5) is 3.21. The molecule has 6 nitrogen and oxygen atoms in total. The van der Waals surface area contributed by atoms with Gasteiger partial charge in [-0.05, 0) is 16.0 Å². The van der Waals surface area contributed by atoms with Crippen molar-refractivity contribution in [2.75, 3.05) is 33.2 Å². The highest BCUT2D eigenvalue weighted by molar-refractivity contribution is 5.14. The van der Waals surface area contributed by atoms with Crippen molar-refractivity contribution >= 4 is 0 Å². The molecule has 0 spiro atoms. The zero-order chi connectivity index (χ0) is 13.8. The normalized spacial score (nSPS) is 22.9. The van der Waals surface area contributed by atoms with E-state index < -0.39 is 0 Å². The first-order valence-electron chi connectivity index (χ1n) is 7.25. The zero-order valence-electron chi connectivity index (χ0n) is 11.9. The fourth-order valence-corrected chi connectivity index (χ4v) is 2.66. The van der Waals surface area contributed by atoms with Gasteiger partial charge in [0.15, 0.2) is 0 Å². The van der Waals surface area contributed by atoms with Crippen LogP contribution in [-0.2, 0) is 13.1 Å². The first-order chi connectivity index (χ1) is 9.81. The molecule has 1 fully saturated rings. The molecule has 2 N–H and O–H groups in total. The second-order valence-electron chi connectivity index (χ2n) is 5.62. The van der Waals surface area contributed by atoms with Crippen molar-refractivity contribution < 1.29 is 9.80 Å². The SMILES string of the molecule is C[NH+]1CC[NH+](Cc2nnnn2Cc2ccccc2)CC1. The van der Waals surface area contributed by atoms with Gasteiger partial charge in [-0.1, -0.05) is 30.3 Å². The maximum atomic E-state index is 4.20. The summed E-state index contributed by atoms with van der Waals surface area (Å²) in [6, 6.07) is 10.3. The van der Waals surface area contributed by atoms with Gasteiger partial charge in [0.2, 0.25) is 5.82 Å². The monoisotopic (exact) mass is 274 g/mol. The second kappa shape index (κ2) is 6.11. The van der Waals surface area contributed by atoms with E-state index in [-0.39, 0.29) is 0 Å². The van der Waals surface area contributed by atoms with Crippen LogP contribution >= 0.6 is 0 Å². The molecule has 106 valence electrons. The summed E-state index contributed by atoms with van der Waals surface area (Å²) in [5, 5.41) is 12.2. The van der Waals surface area contributed by atoms with Gasteiger partial charge in [-0.3, -0.25) is 0 Å². The second-order valence-corrected chi connectivity index (χ2v) is 5.62. The molecule has 3 rings (SSSR count). The molecule has 1 aliphatic rings. The van der Waals surface area contributed by atoms with Crippen LogP contribution in [0.3, 0.4) is 0 Å². The Morgan fingerprint density at radius 2 is 1.85 bits per heavy atom. The van der Waals surface area contributed by atoms with Gasteiger partial charge in [-0.15, -0.1) is 5.10 Å². The minimum absolute atomic E-state index is 0.752. The van der Waals surface area contributed by atoms with E-state index in [2.05, 4.69) is 34.7 Å². The van der Waals surface area contributed by atoms with Crippen molar-refractivity contribution in [3.8, 4) is 0 Å². The van der Waals surface area contributed by atoms with Crippen LogP contribution in [0.1, 0.15) is 11.4 Å². The Bertz CT molecular complexity index is 530. The third-order valence-electron chi connectivity index (χ3n) is 4.00. The summed E-state index contributed by atoms with van der Waals surface area (Å²) in [6.45, 7) is 6.54. The van der Waals surface area contributed by atoms with Crippen molar-refractivity contribution in [2.45, 2.75) is 13.1 Å². The van der Waals surface area contributed by atoms with Crippen LogP contribution in [0, 0.1) is 0 Å². The smallest absolute Gasteiger partial charge is 0.206 e. The molecule has 1 aromatic carbocycles. The lowest BCUT2D eigenvalue weighted by molar-refractivity contribution is -1.01. The molecule has 0 radical (unpaired) electrons. The number of rotatable bonds is 4. The largest absolute Gasteiger partial charge is 0.328 e. The summed E-state index contributed by atoms with van der Waals surface area (Å²) in [7, 11) is 2.26. The number of tetrazole rings is 1. The summed E-state index contributed by atoms with van der Waals surface area (Å²) in [5.41, 5.74) is 1.24. The third kappa shape index (κ3) is 3.20. The van der Waals surface area contributed by atoms with Crippen LogP contribution < -0.4 is 9.80 Å². The molecule has 2 heterocycles. The van der Waals surface area contributed by atoms with E-state index in [0.717, 1.165) is 18.9 Å². The Balaban J connectivity index is 1.65. The van der Waals surface area contributed by atoms with Crippen LogP contribution in [-0.4, -0.2) is 53.4 Å². The first kappa shape index (κ1) is 13.2. The lowest BCUT2D eigenvalue weighted by Gasteiger charge is -2.26. The standard InChI is InChI=1S/C14H20N6/c1-18-7-9-19(10-8-18)12-14-15-16-17-20(14)11-13-5-3-2-4-6-13/h2-6H,7-12H2,1H3/p+2. The van der Waals surface area contributed by atoms with Crippen LogP contribution in [0.15, 0.2) is 30.3 Å². The Kier molecular flexibility index (Phi) is 4.03. The molecule has 0 unspecified atom stereocenters. The number of quaternary nitrogens is 2. The highest BCUT2D eigenvalue weighted by atomic mass is 15.5. The number of hydrogen-bond acceptors (Lipinski definition) is 3. The van der Waals surface area contributed by atoms with Crippen LogP contribution in [0.5, 0.6) is 0 Å². The molecule has 0 atom stereocenters. The molecule has 1 aromatic heterocycles. The quantitative estimate of drug-likeness (QED) is 0.655.